The van der Waals surface area contributed by atoms with Gasteiger partial charge in [-0.1, -0.05) is 90.5 Å². The molecule has 1 atom stereocenters. The summed E-state index contributed by atoms with van der Waals surface area (Å²) < 4.78 is 0. The molecule has 4 aromatic rings. The van der Waals surface area contributed by atoms with Crippen molar-refractivity contribution in [2.24, 2.45) is 0 Å². The maximum absolute atomic E-state index is 13.5. The van der Waals surface area contributed by atoms with Crippen LogP contribution in [0.25, 0.3) is 0 Å². The normalized spacial score (nSPS) is 14.9. The number of benzene rings is 4. The molecule has 0 aromatic heterocycles. The topological polar surface area (TPSA) is 26.8 Å². The summed E-state index contributed by atoms with van der Waals surface area (Å²) in [6.45, 7) is 3.30. The van der Waals surface area contributed by atoms with E-state index in [2.05, 4.69) is 40.1 Å². The Bertz CT molecular complexity index is 1220. The van der Waals surface area contributed by atoms with Gasteiger partial charge >= 0.3 is 0 Å². The van der Waals surface area contributed by atoms with Gasteiger partial charge in [-0.2, -0.15) is 0 Å². The van der Waals surface area contributed by atoms with Crippen LogP contribution in [0.1, 0.15) is 17.2 Å². The smallest absolute Gasteiger partial charge is 0.242 e. The molecule has 4 aromatic carbocycles. The van der Waals surface area contributed by atoms with E-state index in [0.29, 0.717) is 19.6 Å². The zero-order valence-corrected chi connectivity index (χ0v) is 21.0. The molecular formula is C31H30ClN3O. The molecule has 0 saturated carbocycles. The lowest BCUT2D eigenvalue weighted by atomic mass is 9.96. The largest absolute Gasteiger partial charge is 0.339 e. The molecule has 1 heterocycles. The molecule has 0 spiro atoms. The van der Waals surface area contributed by atoms with E-state index in [1.54, 1.807) is 0 Å². The van der Waals surface area contributed by atoms with Crippen LogP contribution in [-0.4, -0.2) is 48.4 Å². The molecule has 1 unspecified atom stereocenters. The van der Waals surface area contributed by atoms with Gasteiger partial charge in [0.2, 0.25) is 5.91 Å². The third-order valence-corrected chi connectivity index (χ3v) is 6.98. The van der Waals surface area contributed by atoms with Gasteiger partial charge in [-0.3, -0.25) is 9.69 Å². The van der Waals surface area contributed by atoms with Crippen LogP contribution in [0.5, 0.6) is 0 Å². The number of para-hydroxylation sites is 2. The number of nitrogens with zero attached hydrogens (tertiary/aromatic N) is 3. The fraction of sp³-hybridized carbons (Fsp3) is 0.194. The molecule has 1 aliphatic heterocycles. The summed E-state index contributed by atoms with van der Waals surface area (Å²) in [5.74, 6) is 0.140. The zero-order chi connectivity index (χ0) is 24.7. The first-order valence-electron chi connectivity index (χ1n) is 12.4. The summed E-state index contributed by atoms with van der Waals surface area (Å²) in [4.78, 5) is 20.0. The third kappa shape index (κ3) is 5.62. The Balaban J connectivity index is 1.31. The van der Waals surface area contributed by atoms with Crippen LogP contribution in [0, 0.1) is 0 Å². The van der Waals surface area contributed by atoms with Gasteiger partial charge in [0.15, 0.2) is 0 Å². The summed E-state index contributed by atoms with van der Waals surface area (Å²) >= 11 is 6.35. The molecule has 1 fully saturated rings. The lowest BCUT2D eigenvalue weighted by Crippen LogP contribution is -2.51. The average Bonchev–Trinajstić information content (AvgIpc) is 2.94. The number of amides is 1. The number of rotatable bonds is 7. The number of hydrogen-bond donors (Lipinski definition) is 0. The fourth-order valence-corrected chi connectivity index (χ4v) is 5.14. The van der Waals surface area contributed by atoms with Gasteiger partial charge < -0.3 is 9.80 Å². The van der Waals surface area contributed by atoms with Gasteiger partial charge in [0, 0.05) is 42.6 Å². The SMILES string of the molecule is O=C(CN(c1ccccc1)c1ccccc1)N1CCN(C(c2ccccc2)c2cccc(Cl)c2)CC1. The molecule has 1 aliphatic rings. The van der Waals surface area contributed by atoms with Crippen molar-refractivity contribution in [3.8, 4) is 0 Å². The van der Waals surface area contributed by atoms with Crippen LogP contribution in [0.4, 0.5) is 11.4 Å². The number of halogens is 1. The van der Waals surface area contributed by atoms with Gasteiger partial charge in [-0.15, -0.1) is 0 Å². The summed E-state index contributed by atoms with van der Waals surface area (Å²) in [7, 11) is 0. The summed E-state index contributed by atoms with van der Waals surface area (Å²) in [5.41, 5.74) is 4.44. The van der Waals surface area contributed by atoms with Gasteiger partial charge in [-0.05, 0) is 47.5 Å². The van der Waals surface area contributed by atoms with E-state index in [1.807, 2.05) is 89.8 Å². The van der Waals surface area contributed by atoms with Crippen molar-refractivity contribution in [3.05, 3.63) is 131 Å². The molecule has 0 radical (unpaired) electrons. The molecule has 182 valence electrons. The fourth-order valence-electron chi connectivity index (χ4n) is 4.94. The number of piperazine rings is 1. The van der Waals surface area contributed by atoms with Crippen molar-refractivity contribution >= 4 is 28.9 Å². The Kier molecular flexibility index (Phi) is 7.65. The van der Waals surface area contributed by atoms with Crippen LogP contribution >= 0.6 is 11.6 Å². The Labute approximate surface area is 218 Å². The number of hydrogen-bond acceptors (Lipinski definition) is 3. The Morgan fingerprint density at radius 2 is 1.22 bits per heavy atom. The average molecular weight is 496 g/mol. The van der Waals surface area contributed by atoms with Gasteiger partial charge in [0.05, 0.1) is 6.04 Å². The molecule has 0 bridgehead atoms. The Hall–Kier alpha value is -3.60. The maximum atomic E-state index is 13.5. The second-order valence-electron chi connectivity index (χ2n) is 9.04. The standard InChI is InChI=1S/C31H30ClN3O/c32-27-14-10-13-26(23-27)31(25-11-4-1-5-12-25)34-21-19-33(20-22-34)30(36)24-35(28-15-6-2-7-16-28)29-17-8-3-9-18-29/h1-18,23,31H,19-22,24H2. The zero-order valence-electron chi connectivity index (χ0n) is 20.2. The predicted molar refractivity (Wildman–Crippen MR) is 148 cm³/mol. The van der Waals surface area contributed by atoms with E-state index >= 15 is 0 Å². The molecule has 36 heavy (non-hydrogen) atoms. The van der Waals surface area contributed by atoms with E-state index < -0.39 is 0 Å². The highest BCUT2D eigenvalue weighted by molar-refractivity contribution is 6.30. The molecule has 1 saturated heterocycles. The lowest BCUT2D eigenvalue weighted by molar-refractivity contribution is -0.131. The van der Waals surface area contributed by atoms with Crippen LogP contribution in [-0.2, 0) is 4.79 Å². The van der Waals surface area contributed by atoms with E-state index in [-0.39, 0.29) is 11.9 Å². The summed E-state index contributed by atoms with van der Waals surface area (Å²) in [5, 5.41) is 0.740. The van der Waals surface area contributed by atoms with Crippen molar-refractivity contribution in [1.29, 1.82) is 0 Å². The van der Waals surface area contributed by atoms with Crippen LogP contribution in [0.15, 0.2) is 115 Å². The van der Waals surface area contributed by atoms with Gasteiger partial charge in [0.1, 0.15) is 6.54 Å². The first kappa shape index (κ1) is 24.1. The minimum Gasteiger partial charge on any atom is -0.339 e. The Morgan fingerprint density at radius 3 is 1.78 bits per heavy atom. The molecular weight excluding hydrogens is 466 g/mol. The predicted octanol–water partition coefficient (Wildman–Crippen LogP) is 6.41. The summed E-state index contributed by atoms with van der Waals surface area (Å²) in [6.07, 6.45) is 0. The van der Waals surface area contributed by atoms with E-state index in [1.165, 1.54) is 11.1 Å². The van der Waals surface area contributed by atoms with Crippen molar-refractivity contribution < 1.29 is 4.79 Å². The van der Waals surface area contributed by atoms with Crippen LogP contribution in [0.3, 0.4) is 0 Å². The van der Waals surface area contributed by atoms with Gasteiger partial charge in [-0.25, -0.2) is 0 Å². The molecule has 0 N–H and O–H groups in total. The lowest BCUT2D eigenvalue weighted by Gasteiger charge is -2.40. The maximum Gasteiger partial charge on any atom is 0.242 e. The summed E-state index contributed by atoms with van der Waals surface area (Å²) in [6, 6.07) is 39.0. The number of carbonyl (C=O) groups is 1. The molecule has 4 nitrogen and oxygen atoms in total. The Morgan fingerprint density at radius 1 is 0.694 bits per heavy atom. The van der Waals surface area contributed by atoms with Crippen LogP contribution < -0.4 is 4.90 Å². The van der Waals surface area contributed by atoms with E-state index in [0.717, 1.165) is 29.5 Å². The van der Waals surface area contributed by atoms with Crippen molar-refractivity contribution in [1.82, 2.24) is 9.80 Å². The quantitative estimate of drug-likeness (QED) is 0.296. The second kappa shape index (κ2) is 11.4. The van der Waals surface area contributed by atoms with Crippen molar-refractivity contribution in [2.45, 2.75) is 6.04 Å². The minimum absolute atomic E-state index is 0.104. The highest BCUT2D eigenvalue weighted by atomic mass is 35.5. The van der Waals surface area contributed by atoms with Crippen molar-refractivity contribution in [2.75, 3.05) is 37.6 Å². The van der Waals surface area contributed by atoms with Gasteiger partial charge in [0.25, 0.3) is 0 Å². The third-order valence-electron chi connectivity index (χ3n) is 6.74. The first-order valence-corrected chi connectivity index (χ1v) is 12.8. The molecule has 1 amide bonds. The monoisotopic (exact) mass is 495 g/mol. The molecule has 5 heteroatoms. The van der Waals surface area contributed by atoms with Crippen LogP contribution in [0.2, 0.25) is 5.02 Å². The van der Waals surface area contributed by atoms with Crippen molar-refractivity contribution in [3.63, 3.8) is 0 Å². The minimum atomic E-state index is 0.104. The number of carbonyl (C=O) groups excluding carboxylic acids is 1. The van der Waals surface area contributed by atoms with E-state index in [4.69, 9.17) is 11.6 Å². The van der Waals surface area contributed by atoms with E-state index in [9.17, 15) is 4.79 Å². The first-order chi connectivity index (χ1) is 17.7. The highest BCUT2D eigenvalue weighted by Gasteiger charge is 2.29. The number of anilines is 2. The second-order valence-corrected chi connectivity index (χ2v) is 9.48. The molecule has 5 rings (SSSR count). The highest BCUT2D eigenvalue weighted by Crippen LogP contribution is 2.31. The molecule has 0 aliphatic carbocycles.